The molecule has 5 nitrogen and oxygen atoms in total. The molecule has 0 fully saturated rings. The molecule has 4 rings (SSSR count). The molecule has 0 atom stereocenters. The number of benzene rings is 3. The Bertz CT molecular complexity index is 982. The highest BCUT2D eigenvalue weighted by atomic mass is 16.6. The molecule has 3 aromatic rings. The number of nitro benzene ring substituents is 1. The lowest BCUT2D eigenvalue weighted by molar-refractivity contribution is -0.384. The minimum atomic E-state index is -0.379. The van der Waals surface area contributed by atoms with Crippen molar-refractivity contribution in [1.29, 1.82) is 0 Å². The van der Waals surface area contributed by atoms with Gasteiger partial charge >= 0.3 is 0 Å². The monoisotopic (exact) mass is 357 g/mol. The molecule has 0 unspecified atom stereocenters. The fourth-order valence-electron chi connectivity index (χ4n) is 3.34. The summed E-state index contributed by atoms with van der Waals surface area (Å²) in [7, 11) is 0. The maximum Gasteiger partial charge on any atom is 0.269 e. The highest BCUT2D eigenvalue weighted by molar-refractivity contribution is 6.03. The predicted molar refractivity (Wildman–Crippen MR) is 108 cm³/mol. The molecule has 134 valence electrons. The Balaban J connectivity index is 1.65. The number of rotatable bonds is 4. The average Bonchev–Trinajstić information content (AvgIpc) is 2.89. The Labute approximate surface area is 157 Å². The first-order valence-electron chi connectivity index (χ1n) is 8.91. The molecular formula is C22H19N3O2. The van der Waals surface area contributed by atoms with E-state index in [4.69, 9.17) is 4.99 Å². The zero-order valence-electron chi connectivity index (χ0n) is 14.8. The average molecular weight is 357 g/mol. The van der Waals surface area contributed by atoms with Crippen molar-refractivity contribution in [2.45, 2.75) is 13.0 Å². The molecule has 1 heterocycles. The number of aliphatic imine (C=N–C) groups is 1. The standard InChI is InChI=1S/C22H19N3O2/c26-25(27)19-12-10-18(11-13-19)20-14-15-24(16-17-6-2-1-3-7-17)22-9-5-4-8-21(22)23-20/h1-13H,14-16H2. The molecule has 0 radical (unpaired) electrons. The summed E-state index contributed by atoms with van der Waals surface area (Å²) < 4.78 is 0. The Morgan fingerprint density at radius 3 is 2.37 bits per heavy atom. The number of nitro groups is 1. The maximum absolute atomic E-state index is 10.9. The molecule has 0 aliphatic carbocycles. The number of fused-ring (bicyclic) bond motifs is 1. The third kappa shape index (κ3) is 3.72. The lowest BCUT2D eigenvalue weighted by Gasteiger charge is -2.24. The molecule has 0 spiro atoms. The van der Waals surface area contributed by atoms with Gasteiger partial charge in [0.2, 0.25) is 0 Å². The fraction of sp³-hybridized carbons (Fsp3) is 0.136. The van der Waals surface area contributed by atoms with Crippen LogP contribution in [0, 0.1) is 10.1 Å². The summed E-state index contributed by atoms with van der Waals surface area (Å²) in [5.41, 5.74) is 5.27. The van der Waals surface area contributed by atoms with Gasteiger partial charge < -0.3 is 4.90 Å². The Kier molecular flexibility index (Phi) is 4.66. The van der Waals surface area contributed by atoms with Gasteiger partial charge in [0.1, 0.15) is 0 Å². The van der Waals surface area contributed by atoms with Crippen LogP contribution in [0.15, 0.2) is 83.9 Å². The van der Waals surface area contributed by atoms with Crippen molar-refractivity contribution in [2.75, 3.05) is 11.4 Å². The highest BCUT2D eigenvalue weighted by Gasteiger charge is 2.18. The summed E-state index contributed by atoms with van der Waals surface area (Å²) >= 11 is 0. The summed E-state index contributed by atoms with van der Waals surface area (Å²) in [6.07, 6.45) is 0.777. The summed E-state index contributed by atoms with van der Waals surface area (Å²) in [5, 5.41) is 10.9. The van der Waals surface area contributed by atoms with E-state index in [1.165, 1.54) is 17.7 Å². The first-order valence-corrected chi connectivity index (χ1v) is 8.91. The van der Waals surface area contributed by atoms with E-state index in [0.29, 0.717) is 0 Å². The number of hydrogen-bond acceptors (Lipinski definition) is 4. The zero-order chi connectivity index (χ0) is 18.6. The van der Waals surface area contributed by atoms with E-state index in [-0.39, 0.29) is 10.6 Å². The van der Waals surface area contributed by atoms with Crippen molar-refractivity contribution in [3.05, 3.63) is 100 Å². The second-order valence-electron chi connectivity index (χ2n) is 6.51. The van der Waals surface area contributed by atoms with E-state index in [0.717, 1.165) is 42.2 Å². The van der Waals surface area contributed by atoms with Gasteiger partial charge in [0.15, 0.2) is 0 Å². The fourth-order valence-corrected chi connectivity index (χ4v) is 3.34. The predicted octanol–water partition coefficient (Wildman–Crippen LogP) is 5.13. The van der Waals surface area contributed by atoms with Crippen LogP contribution in [-0.4, -0.2) is 17.2 Å². The van der Waals surface area contributed by atoms with Crippen LogP contribution in [0.3, 0.4) is 0 Å². The van der Waals surface area contributed by atoms with E-state index in [9.17, 15) is 10.1 Å². The van der Waals surface area contributed by atoms with Crippen molar-refractivity contribution in [3.8, 4) is 0 Å². The van der Waals surface area contributed by atoms with Crippen LogP contribution in [0.2, 0.25) is 0 Å². The van der Waals surface area contributed by atoms with Crippen LogP contribution in [0.4, 0.5) is 17.1 Å². The van der Waals surface area contributed by atoms with Crippen molar-refractivity contribution in [1.82, 2.24) is 0 Å². The van der Waals surface area contributed by atoms with Crippen LogP contribution in [0.5, 0.6) is 0 Å². The van der Waals surface area contributed by atoms with E-state index in [2.05, 4.69) is 35.2 Å². The number of para-hydroxylation sites is 2. The lowest BCUT2D eigenvalue weighted by Crippen LogP contribution is -2.24. The first kappa shape index (κ1) is 17.0. The van der Waals surface area contributed by atoms with E-state index < -0.39 is 0 Å². The minimum absolute atomic E-state index is 0.0964. The van der Waals surface area contributed by atoms with Crippen molar-refractivity contribution in [2.24, 2.45) is 4.99 Å². The zero-order valence-corrected chi connectivity index (χ0v) is 14.8. The van der Waals surface area contributed by atoms with Crippen molar-refractivity contribution < 1.29 is 4.92 Å². The molecule has 0 saturated heterocycles. The van der Waals surface area contributed by atoms with Gasteiger partial charge in [-0.25, -0.2) is 0 Å². The van der Waals surface area contributed by atoms with Crippen LogP contribution in [-0.2, 0) is 6.54 Å². The van der Waals surface area contributed by atoms with Crippen LogP contribution >= 0.6 is 0 Å². The maximum atomic E-state index is 10.9. The summed E-state index contributed by atoms with van der Waals surface area (Å²) in [6, 6.07) is 25.2. The van der Waals surface area contributed by atoms with Crippen LogP contribution < -0.4 is 4.90 Å². The molecule has 0 N–H and O–H groups in total. The Hall–Kier alpha value is -3.47. The van der Waals surface area contributed by atoms with Crippen molar-refractivity contribution >= 4 is 22.8 Å². The van der Waals surface area contributed by atoms with Crippen molar-refractivity contribution in [3.63, 3.8) is 0 Å². The minimum Gasteiger partial charge on any atom is -0.365 e. The normalized spacial score (nSPS) is 13.5. The van der Waals surface area contributed by atoms with Gasteiger partial charge in [-0.15, -0.1) is 0 Å². The van der Waals surface area contributed by atoms with E-state index in [1.54, 1.807) is 12.1 Å². The number of nitrogens with zero attached hydrogens (tertiary/aromatic N) is 3. The molecule has 0 bridgehead atoms. The number of non-ortho nitro benzene ring substituents is 1. The lowest BCUT2D eigenvalue weighted by atomic mass is 10.1. The van der Waals surface area contributed by atoms with Gasteiger partial charge in [0.05, 0.1) is 22.0 Å². The van der Waals surface area contributed by atoms with E-state index in [1.807, 2.05) is 24.3 Å². The Morgan fingerprint density at radius 1 is 0.926 bits per heavy atom. The largest absolute Gasteiger partial charge is 0.365 e. The molecule has 0 aromatic heterocycles. The molecule has 0 saturated carbocycles. The summed E-state index contributed by atoms with van der Waals surface area (Å²) in [6.45, 7) is 1.66. The first-order chi connectivity index (χ1) is 13.2. The van der Waals surface area contributed by atoms with Gasteiger partial charge in [0, 0.05) is 31.6 Å². The topological polar surface area (TPSA) is 58.7 Å². The van der Waals surface area contributed by atoms with Gasteiger partial charge in [0.25, 0.3) is 5.69 Å². The molecule has 5 heteroatoms. The molecule has 1 aliphatic heterocycles. The third-order valence-corrected chi connectivity index (χ3v) is 4.72. The molecule has 0 amide bonds. The quantitative estimate of drug-likeness (QED) is 0.481. The summed E-state index contributed by atoms with van der Waals surface area (Å²) in [5.74, 6) is 0. The Morgan fingerprint density at radius 2 is 1.63 bits per heavy atom. The molecule has 1 aliphatic rings. The van der Waals surface area contributed by atoms with Gasteiger partial charge in [-0.3, -0.25) is 15.1 Å². The highest BCUT2D eigenvalue weighted by Crippen LogP contribution is 2.33. The smallest absolute Gasteiger partial charge is 0.269 e. The molecule has 27 heavy (non-hydrogen) atoms. The second kappa shape index (κ2) is 7.41. The van der Waals surface area contributed by atoms with Crippen LogP contribution in [0.1, 0.15) is 17.5 Å². The SMILES string of the molecule is O=[N+]([O-])c1ccc(C2=Nc3ccccc3N(Cc3ccccc3)CC2)cc1. The summed E-state index contributed by atoms with van der Waals surface area (Å²) in [4.78, 5) is 17.7. The van der Waals surface area contributed by atoms with Crippen LogP contribution in [0.25, 0.3) is 0 Å². The second-order valence-corrected chi connectivity index (χ2v) is 6.51. The molecule has 3 aromatic carbocycles. The van der Waals surface area contributed by atoms with Gasteiger partial charge in [-0.05, 0) is 35.4 Å². The third-order valence-electron chi connectivity index (χ3n) is 4.72. The van der Waals surface area contributed by atoms with Gasteiger partial charge in [-0.1, -0.05) is 42.5 Å². The number of hydrogen-bond donors (Lipinski definition) is 0. The van der Waals surface area contributed by atoms with E-state index >= 15 is 0 Å². The number of anilines is 1. The van der Waals surface area contributed by atoms with Gasteiger partial charge in [-0.2, -0.15) is 0 Å². The molecular weight excluding hydrogens is 338 g/mol.